The molecule has 134 valence electrons. The molecule has 1 fully saturated rings. The molecular weight excluding hydrogens is 356 g/mol. The topological polar surface area (TPSA) is 107 Å². The molecule has 9 heteroatoms. The predicted molar refractivity (Wildman–Crippen MR) is 96.9 cm³/mol. The summed E-state index contributed by atoms with van der Waals surface area (Å²) in [5, 5.41) is 11.4. The van der Waals surface area contributed by atoms with Gasteiger partial charge in [0.1, 0.15) is 0 Å². The van der Waals surface area contributed by atoms with Gasteiger partial charge in [0, 0.05) is 48.2 Å². The molecule has 1 saturated heterocycles. The Morgan fingerprint density at radius 1 is 1.42 bits per heavy atom. The van der Waals surface area contributed by atoms with Crippen LogP contribution in [-0.2, 0) is 16.0 Å². The summed E-state index contributed by atoms with van der Waals surface area (Å²) in [6, 6.07) is 5.33. The van der Waals surface area contributed by atoms with Crippen molar-refractivity contribution in [3.8, 4) is 0 Å². The van der Waals surface area contributed by atoms with Gasteiger partial charge in [0.25, 0.3) is 0 Å². The van der Waals surface area contributed by atoms with Crippen LogP contribution in [0, 0.1) is 5.92 Å². The van der Waals surface area contributed by atoms with Gasteiger partial charge in [-0.1, -0.05) is 11.6 Å². The van der Waals surface area contributed by atoms with Gasteiger partial charge < -0.3 is 10.3 Å². The summed E-state index contributed by atoms with van der Waals surface area (Å²) < 4.78 is 0. The van der Waals surface area contributed by atoms with Gasteiger partial charge in [-0.25, -0.2) is 4.98 Å². The smallest absolute Gasteiger partial charge is 0.229 e. The third kappa shape index (κ3) is 3.15. The number of hydrogen-bond acceptors (Lipinski definition) is 4. The fraction of sp³-hybridized carbons (Fsp3) is 0.294. The fourth-order valence-corrected chi connectivity index (χ4v) is 3.33. The summed E-state index contributed by atoms with van der Waals surface area (Å²) in [6.07, 6.45) is 4.17. The normalized spacial score (nSPS) is 17.2. The molecule has 3 aromatic rings. The summed E-state index contributed by atoms with van der Waals surface area (Å²) >= 11 is 5.98. The highest BCUT2D eigenvalue weighted by molar-refractivity contribution is 6.31. The van der Waals surface area contributed by atoms with Crippen LogP contribution in [-0.4, -0.2) is 45.1 Å². The van der Waals surface area contributed by atoms with Gasteiger partial charge in [0.05, 0.1) is 17.8 Å². The maximum Gasteiger partial charge on any atom is 0.229 e. The van der Waals surface area contributed by atoms with Gasteiger partial charge in [-0.2, -0.15) is 5.10 Å². The lowest BCUT2D eigenvalue weighted by molar-refractivity contribution is -0.126. The number of carbonyl (C=O) groups is 2. The highest BCUT2D eigenvalue weighted by Crippen LogP contribution is 2.30. The Balaban J connectivity index is 1.42. The SMILES string of the molecule is O=C(NCCc1cnc[nH]1)C1CC(=O)N(c2n[nH]c3cc(Cl)ccc23)C1. The van der Waals surface area contributed by atoms with E-state index in [2.05, 4.69) is 25.5 Å². The number of amides is 2. The molecule has 26 heavy (non-hydrogen) atoms. The minimum absolute atomic E-state index is 0.109. The van der Waals surface area contributed by atoms with Gasteiger partial charge >= 0.3 is 0 Å². The molecule has 3 N–H and O–H groups in total. The summed E-state index contributed by atoms with van der Waals surface area (Å²) in [5.74, 6) is -0.0805. The van der Waals surface area contributed by atoms with Gasteiger partial charge in [-0.3, -0.25) is 19.6 Å². The zero-order chi connectivity index (χ0) is 18.1. The second-order valence-corrected chi connectivity index (χ2v) is 6.70. The maximum absolute atomic E-state index is 12.4. The van der Waals surface area contributed by atoms with Crippen molar-refractivity contribution in [2.45, 2.75) is 12.8 Å². The summed E-state index contributed by atoms with van der Waals surface area (Å²) in [4.78, 5) is 33.3. The van der Waals surface area contributed by atoms with Crippen LogP contribution < -0.4 is 10.2 Å². The standard InChI is InChI=1S/C17H17ClN6O2/c18-11-1-2-13-14(6-11)22-23-16(13)24-8-10(5-15(24)25)17(26)20-4-3-12-7-19-9-21-12/h1-2,6-7,9-10H,3-5,8H2,(H,19,21)(H,20,26)(H,22,23). The summed E-state index contributed by atoms with van der Waals surface area (Å²) in [6.45, 7) is 0.812. The number of fused-ring (bicyclic) bond motifs is 1. The van der Waals surface area contributed by atoms with E-state index in [1.807, 2.05) is 6.07 Å². The molecule has 1 aliphatic rings. The number of halogens is 1. The molecule has 3 heterocycles. The van der Waals surface area contributed by atoms with Crippen molar-refractivity contribution in [2.24, 2.45) is 5.92 Å². The molecule has 0 spiro atoms. The molecular formula is C17H17ClN6O2. The zero-order valence-electron chi connectivity index (χ0n) is 13.8. The third-order valence-corrected chi connectivity index (χ3v) is 4.74. The number of aromatic amines is 2. The number of nitrogens with one attached hydrogen (secondary N) is 3. The molecule has 0 bridgehead atoms. The molecule has 2 amide bonds. The Kier molecular flexibility index (Phi) is 4.34. The Bertz CT molecular complexity index is 951. The molecule has 4 rings (SSSR count). The van der Waals surface area contributed by atoms with E-state index in [0.717, 1.165) is 16.6 Å². The molecule has 0 aliphatic carbocycles. The molecule has 8 nitrogen and oxygen atoms in total. The molecule has 1 atom stereocenters. The van der Waals surface area contributed by atoms with E-state index in [9.17, 15) is 9.59 Å². The van der Waals surface area contributed by atoms with Gasteiger partial charge in [-0.15, -0.1) is 0 Å². The van der Waals surface area contributed by atoms with Gasteiger partial charge in [0.2, 0.25) is 11.8 Å². The highest BCUT2D eigenvalue weighted by atomic mass is 35.5. The van der Waals surface area contributed by atoms with E-state index >= 15 is 0 Å². The molecule has 0 radical (unpaired) electrons. The molecule has 1 aliphatic heterocycles. The average Bonchev–Trinajstić information content (AvgIpc) is 3.34. The second-order valence-electron chi connectivity index (χ2n) is 6.26. The maximum atomic E-state index is 12.4. The molecule has 1 unspecified atom stereocenters. The Morgan fingerprint density at radius 2 is 2.31 bits per heavy atom. The van der Waals surface area contributed by atoms with Crippen LogP contribution in [0.15, 0.2) is 30.7 Å². The third-order valence-electron chi connectivity index (χ3n) is 4.50. The van der Waals surface area contributed by atoms with Crippen LogP contribution in [0.1, 0.15) is 12.1 Å². The van der Waals surface area contributed by atoms with Crippen molar-refractivity contribution in [1.29, 1.82) is 0 Å². The number of carbonyl (C=O) groups excluding carboxylic acids is 2. The Labute approximate surface area is 153 Å². The van der Waals surface area contributed by atoms with E-state index in [0.29, 0.717) is 30.4 Å². The lowest BCUT2D eigenvalue weighted by atomic mass is 10.1. The summed E-state index contributed by atoms with van der Waals surface area (Å²) in [7, 11) is 0. The summed E-state index contributed by atoms with van der Waals surface area (Å²) in [5.41, 5.74) is 1.71. The fourth-order valence-electron chi connectivity index (χ4n) is 3.16. The number of nitrogens with zero attached hydrogens (tertiary/aromatic N) is 3. The minimum atomic E-state index is -0.386. The quantitative estimate of drug-likeness (QED) is 0.633. The largest absolute Gasteiger partial charge is 0.355 e. The molecule has 0 saturated carbocycles. The number of hydrogen-bond donors (Lipinski definition) is 3. The lowest BCUT2D eigenvalue weighted by Crippen LogP contribution is -2.34. The number of anilines is 1. The number of benzene rings is 1. The number of imidazole rings is 1. The number of H-pyrrole nitrogens is 2. The van der Waals surface area contributed by atoms with Crippen LogP contribution in [0.2, 0.25) is 5.02 Å². The zero-order valence-corrected chi connectivity index (χ0v) is 14.6. The van der Waals surface area contributed by atoms with Crippen LogP contribution in [0.5, 0.6) is 0 Å². The van der Waals surface area contributed by atoms with Gasteiger partial charge in [0.15, 0.2) is 5.82 Å². The van der Waals surface area contributed by atoms with E-state index in [1.54, 1.807) is 29.6 Å². The van der Waals surface area contributed by atoms with Gasteiger partial charge in [-0.05, 0) is 18.2 Å². The lowest BCUT2D eigenvalue weighted by Gasteiger charge is -2.14. The minimum Gasteiger partial charge on any atom is -0.355 e. The Hall–Kier alpha value is -2.87. The number of aromatic nitrogens is 4. The van der Waals surface area contributed by atoms with Crippen molar-refractivity contribution in [1.82, 2.24) is 25.5 Å². The van der Waals surface area contributed by atoms with Crippen molar-refractivity contribution in [3.05, 3.63) is 41.4 Å². The predicted octanol–water partition coefficient (Wildman–Crippen LogP) is 1.65. The van der Waals surface area contributed by atoms with E-state index in [4.69, 9.17) is 11.6 Å². The van der Waals surface area contributed by atoms with Crippen LogP contribution in [0.3, 0.4) is 0 Å². The monoisotopic (exact) mass is 372 g/mol. The van der Waals surface area contributed by atoms with Crippen LogP contribution in [0.25, 0.3) is 10.9 Å². The first-order valence-corrected chi connectivity index (χ1v) is 8.68. The van der Waals surface area contributed by atoms with Crippen molar-refractivity contribution < 1.29 is 9.59 Å². The number of rotatable bonds is 5. The molecule has 2 aromatic heterocycles. The first-order valence-electron chi connectivity index (χ1n) is 8.31. The van der Waals surface area contributed by atoms with Crippen LogP contribution >= 0.6 is 11.6 Å². The molecule has 1 aromatic carbocycles. The van der Waals surface area contributed by atoms with E-state index < -0.39 is 0 Å². The Morgan fingerprint density at radius 3 is 3.12 bits per heavy atom. The first-order chi connectivity index (χ1) is 12.6. The highest BCUT2D eigenvalue weighted by Gasteiger charge is 2.36. The van der Waals surface area contributed by atoms with Crippen molar-refractivity contribution in [2.75, 3.05) is 18.0 Å². The van der Waals surface area contributed by atoms with Crippen molar-refractivity contribution in [3.63, 3.8) is 0 Å². The van der Waals surface area contributed by atoms with Crippen LogP contribution in [0.4, 0.5) is 5.82 Å². The van der Waals surface area contributed by atoms with Crippen molar-refractivity contribution >= 4 is 40.1 Å². The van der Waals surface area contributed by atoms with E-state index in [-0.39, 0.29) is 24.2 Å². The van der Waals surface area contributed by atoms with E-state index in [1.165, 1.54) is 0 Å². The average molecular weight is 373 g/mol. The second kappa shape index (κ2) is 6.80. The first kappa shape index (κ1) is 16.6.